The predicted octanol–water partition coefficient (Wildman–Crippen LogP) is 5.22. The molecule has 4 rings (SSSR count). The summed E-state index contributed by atoms with van der Waals surface area (Å²) in [6.45, 7) is 4.08. The summed E-state index contributed by atoms with van der Waals surface area (Å²) in [5.74, 6) is 0.256. The number of nitrogens with zero attached hydrogens (tertiary/aromatic N) is 2. The van der Waals surface area contributed by atoms with Crippen LogP contribution in [0.25, 0.3) is 23.1 Å². The van der Waals surface area contributed by atoms with Crippen LogP contribution in [-0.4, -0.2) is 29.1 Å². The first-order chi connectivity index (χ1) is 16.5. The van der Waals surface area contributed by atoms with Crippen molar-refractivity contribution in [2.75, 3.05) is 7.05 Å². The highest BCUT2D eigenvalue weighted by Gasteiger charge is 2.19. The van der Waals surface area contributed by atoms with Crippen LogP contribution in [0, 0.1) is 5.92 Å². The molecule has 0 saturated carbocycles. The van der Waals surface area contributed by atoms with Crippen molar-refractivity contribution in [1.82, 2.24) is 15.5 Å². The summed E-state index contributed by atoms with van der Waals surface area (Å²) < 4.78 is 1.68. The average Bonchev–Trinajstić information content (AvgIpc) is 3.24. The van der Waals surface area contributed by atoms with Crippen LogP contribution in [0.4, 0.5) is 0 Å². The molecular weight excluding hydrogens is 444 g/mol. The van der Waals surface area contributed by atoms with E-state index in [2.05, 4.69) is 15.5 Å². The topological polar surface area (TPSA) is 78.7 Å². The van der Waals surface area contributed by atoms with Gasteiger partial charge in [-0.05, 0) is 48.4 Å². The second kappa shape index (κ2) is 10.5. The Morgan fingerprint density at radius 1 is 1.09 bits per heavy atom. The molecular formula is C27H27N4O2S+. The average molecular weight is 472 g/mol. The molecule has 2 N–H and O–H groups in total. The Labute approximate surface area is 203 Å². The number of aromatic nitrogens is 3. The Kier molecular flexibility index (Phi) is 7.23. The van der Waals surface area contributed by atoms with Crippen LogP contribution < -0.4 is 9.88 Å². The summed E-state index contributed by atoms with van der Waals surface area (Å²) in [6, 6.07) is 19.3. The molecule has 0 atom stereocenters. The van der Waals surface area contributed by atoms with Gasteiger partial charge in [-0.1, -0.05) is 37.7 Å². The van der Waals surface area contributed by atoms with Crippen molar-refractivity contribution in [3.05, 3.63) is 83.8 Å². The Hall–Kier alpha value is -3.71. The summed E-state index contributed by atoms with van der Waals surface area (Å²) >= 11 is 1.53. The van der Waals surface area contributed by atoms with Crippen molar-refractivity contribution in [2.45, 2.75) is 30.1 Å². The lowest BCUT2D eigenvalue weighted by molar-refractivity contribution is -0.576. The SMILES string of the molecule is CNC(=O)c1ccccc1Sc1ccc2c(/C=C/c3cccc[n+]3C(=O)CC(C)C)n[nH]c2c1. The summed E-state index contributed by atoms with van der Waals surface area (Å²) in [4.78, 5) is 26.7. The second-order valence-electron chi connectivity index (χ2n) is 8.31. The Balaban J connectivity index is 1.58. The van der Waals surface area contributed by atoms with E-state index in [1.807, 2.05) is 86.7 Å². The Morgan fingerprint density at radius 2 is 1.88 bits per heavy atom. The lowest BCUT2D eigenvalue weighted by Gasteiger charge is -2.08. The van der Waals surface area contributed by atoms with Crippen molar-refractivity contribution in [1.29, 1.82) is 0 Å². The summed E-state index contributed by atoms with van der Waals surface area (Å²) in [7, 11) is 1.63. The van der Waals surface area contributed by atoms with Gasteiger partial charge in [0.1, 0.15) is 0 Å². The van der Waals surface area contributed by atoms with Gasteiger partial charge in [-0.3, -0.25) is 9.89 Å². The number of fused-ring (bicyclic) bond motifs is 1. The first-order valence-electron chi connectivity index (χ1n) is 11.2. The van der Waals surface area contributed by atoms with Crippen LogP contribution in [0.5, 0.6) is 0 Å². The molecule has 2 aromatic heterocycles. The van der Waals surface area contributed by atoms with Crippen LogP contribution >= 0.6 is 11.8 Å². The Bertz CT molecular complexity index is 1370. The van der Waals surface area contributed by atoms with Crippen LogP contribution in [-0.2, 0) is 0 Å². The third-order valence-corrected chi connectivity index (χ3v) is 6.37. The van der Waals surface area contributed by atoms with E-state index in [-0.39, 0.29) is 11.8 Å². The van der Waals surface area contributed by atoms with Crippen molar-refractivity contribution >= 4 is 46.6 Å². The molecule has 0 aliphatic rings. The molecule has 0 radical (unpaired) electrons. The molecule has 4 aromatic rings. The second-order valence-corrected chi connectivity index (χ2v) is 9.43. The Morgan fingerprint density at radius 3 is 2.68 bits per heavy atom. The van der Waals surface area contributed by atoms with Crippen molar-refractivity contribution in [2.24, 2.45) is 5.92 Å². The number of nitrogens with one attached hydrogen (secondary N) is 2. The largest absolute Gasteiger partial charge is 0.392 e. The fourth-order valence-corrected chi connectivity index (χ4v) is 4.63. The first kappa shape index (κ1) is 23.4. The standard InChI is InChI=1S/C27H26N4O2S/c1-18(2)16-26(32)31-15-7-6-8-19(31)11-14-23-21-13-12-20(17-24(21)30-29-23)34-25-10-5-4-9-22(25)27(33)28-3/h4-15,17-18H,16H2,1-3H3,(H,28,33)/p+1. The number of hydrogen-bond acceptors (Lipinski definition) is 4. The van der Waals surface area contributed by atoms with Crippen LogP contribution in [0.15, 0.2) is 76.7 Å². The summed E-state index contributed by atoms with van der Waals surface area (Å²) in [5, 5.41) is 11.2. The van der Waals surface area contributed by atoms with Gasteiger partial charge in [-0.2, -0.15) is 5.10 Å². The molecule has 172 valence electrons. The molecule has 0 saturated heterocycles. The zero-order valence-corrected chi connectivity index (χ0v) is 20.2. The van der Waals surface area contributed by atoms with Crippen molar-refractivity contribution < 1.29 is 14.2 Å². The fourth-order valence-electron chi connectivity index (χ4n) is 3.65. The lowest BCUT2D eigenvalue weighted by atomic mass is 10.1. The van der Waals surface area contributed by atoms with Gasteiger partial charge in [0.25, 0.3) is 5.91 Å². The molecule has 0 fully saturated rings. The molecule has 2 aromatic carbocycles. The van der Waals surface area contributed by atoms with E-state index in [0.717, 1.165) is 32.1 Å². The van der Waals surface area contributed by atoms with E-state index in [4.69, 9.17) is 0 Å². The van der Waals surface area contributed by atoms with E-state index < -0.39 is 0 Å². The van der Waals surface area contributed by atoms with Gasteiger partial charge in [-0.25, -0.2) is 4.79 Å². The van der Waals surface area contributed by atoms with E-state index in [0.29, 0.717) is 17.9 Å². The van der Waals surface area contributed by atoms with Gasteiger partial charge in [-0.15, -0.1) is 4.57 Å². The van der Waals surface area contributed by atoms with E-state index in [9.17, 15) is 9.59 Å². The minimum atomic E-state index is -0.108. The number of amides is 1. The molecule has 7 heteroatoms. The van der Waals surface area contributed by atoms with E-state index >= 15 is 0 Å². The predicted molar refractivity (Wildman–Crippen MR) is 136 cm³/mol. The normalized spacial score (nSPS) is 11.4. The van der Waals surface area contributed by atoms with Gasteiger partial charge in [0, 0.05) is 40.4 Å². The number of rotatable bonds is 7. The van der Waals surface area contributed by atoms with Gasteiger partial charge in [0.15, 0.2) is 6.20 Å². The number of pyridine rings is 1. The first-order valence-corrected chi connectivity index (χ1v) is 12.0. The molecule has 1 amide bonds. The number of carbonyl (C=O) groups is 2. The molecule has 0 bridgehead atoms. The molecule has 34 heavy (non-hydrogen) atoms. The van der Waals surface area contributed by atoms with Crippen LogP contribution in [0.1, 0.15) is 46.8 Å². The zero-order chi connectivity index (χ0) is 24.1. The number of benzene rings is 2. The number of carbonyl (C=O) groups excluding carboxylic acids is 2. The number of aromatic amines is 1. The maximum absolute atomic E-state index is 12.6. The third-order valence-electron chi connectivity index (χ3n) is 5.31. The van der Waals surface area contributed by atoms with E-state index in [1.54, 1.807) is 17.8 Å². The third kappa shape index (κ3) is 5.26. The fraction of sp³-hybridized carbons (Fsp3) is 0.185. The molecule has 0 spiro atoms. The van der Waals surface area contributed by atoms with Crippen LogP contribution in [0.3, 0.4) is 0 Å². The van der Waals surface area contributed by atoms with Gasteiger partial charge < -0.3 is 5.32 Å². The maximum Gasteiger partial charge on any atom is 0.392 e. The molecule has 0 aliphatic carbocycles. The highest BCUT2D eigenvalue weighted by molar-refractivity contribution is 7.99. The summed E-state index contributed by atoms with van der Waals surface area (Å²) in [5.41, 5.74) is 3.15. The monoisotopic (exact) mass is 471 g/mol. The maximum atomic E-state index is 12.6. The molecule has 0 unspecified atom stereocenters. The van der Waals surface area contributed by atoms with Gasteiger partial charge >= 0.3 is 5.91 Å². The number of hydrogen-bond donors (Lipinski definition) is 2. The van der Waals surface area contributed by atoms with Crippen molar-refractivity contribution in [3.8, 4) is 0 Å². The molecule has 2 heterocycles. The smallest absolute Gasteiger partial charge is 0.355 e. The molecule has 6 nitrogen and oxygen atoms in total. The van der Waals surface area contributed by atoms with Gasteiger partial charge in [0.2, 0.25) is 5.69 Å². The lowest BCUT2D eigenvalue weighted by Crippen LogP contribution is -2.45. The highest BCUT2D eigenvalue weighted by Crippen LogP contribution is 2.32. The zero-order valence-electron chi connectivity index (χ0n) is 19.4. The van der Waals surface area contributed by atoms with Crippen LogP contribution in [0.2, 0.25) is 0 Å². The number of H-pyrrole nitrogens is 1. The summed E-state index contributed by atoms with van der Waals surface area (Å²) in [6.07, 6.45) is 6.12. The highest BCUT2D eigenvalue weighted by atomic mass is 32.2. The minimum Gasteiger partial charge on any atom is -0.355 e. The quantitative estimate of drug-likeness (QED) is 0.362. The van der Waals surface area contributed by atoms with E-state index in [1.165, 1.54) is 11.8 Å². The molecule has 0 aliphatic heterocycles. The minimum absolute atomic E-state index is 0.0702. The van der Waals surface area contributed by atoms with Gasteiger partial charge in [0.05, 0.1) is 23.2 Å². The van der Waals surface area contributed by atoms with Crippen molar-refractivity contribution in [3.63, 3.8) is 0 Å².